The zero-order valence-corrected chi connectivity index (χ0v) is 14.6. The number of aliphatic hydroxyl groups is 1. The molecule has 26 heavy (non-hydrogen) atoms. The molecule has 0 spiro atoms. The molecule has 0 saturated carbocycles. The molecule has 0 radical (unpaired) electrons. The van der Waals surface area contributed by atoms with Gasteiger partial charge in [-0.15, -0.1) is 0 Å². The molecular formula is C19H23FN4O2. The minimum Gasteiger partial charge on any atom is -0.490 e. The number of aromatic nitrogens is 2. The van der Waals surface area contributed by atoms with Gasteiger partial charge < -0.3 is 19.6 Å². The van der Waals surface area contributed by atoms with Crippen LogP contribution in [0.15, 0.2) is 36.5 Å². The zero-order chi connectivity index (χ0) is 17.9. The van der Waals surface area contributed by atoms with E-state index in [1.807, 2.05) is 6.07 Å². The van der Waals surface area contributed by atoms with Crippen molar-refractivity contribution in [3.63, 3.8) is 0 Å². The van der Waals surface area contributed by atoms with Crippen molar-refractivity contribution in [3.05, 3.63) is 42.3 Å². The zero-order valence-electron chi connectivity index (χ0n) is 14.6. The average Bonchev–Trinajstić information content (AvgIpc) is 3.09. The van der Waals surface area contributed by atoms with Gasteiger partial charge in [-0.1, -0.05) is 6.07 Å². The van der Waals surface area contributed by atoms with Crippen molar-refractivity contribution in [2.24, 2.45) is 0 Å². The highest BCUT2D eigenvalue weighted by molar-refractivity contribution is 5.45. The van der Waals surface area contributed by atoms with E-state index in [4.69, 9.17) is 4.74 Å². The van der Waals surface area contributed by atoms with Crippen LogP contribution in [0.3, 0.4) is 0 Å². The third-order valence-electron chi connectivity index (χ3n) is 4.94. The first-order valence-electron chi connectivity index (χ1n) is 9.10. The number of rotatable bonds is 4. The Morgan fingerprint density at radius 3 is 2.62 bits per heavy atom. The van der Waals surface area contributed by atoms with E-state index in [9.17, 15) is 9.50 Å². The number of piperidine rings is 1. The lowest BCUT2D eigenvalue weighted by molar-refractivity contribution is 0.170. The molecular weight excluding hydrogens is 335 g/mol. The Kier molecular flexibility index (Phi) is 4.88. The Morgan fingerprint density at radius 2 is 1.88 bits per heavy atom. The summed E-state index contributed by atoms with van der Waals surface area (Å²) in [6, 6.07) is 8.17. The number of aliphatic hydroxyl groups excluding tert-OH is 1. The number of nitrogens with zero attached hydrogens (tertiary/aromatic N) is 4. The largest absolute Gasteiger partial charge is 0.490 e. The molecule has 1 N–H and O–H groups in total. The summed E-state index contributed by atoms with van der Waals surface area (Å²) in [5.41, 5.74) is 0. The van der Waals surface area contributed by atoms with Gasteiger partial charge in [-0.3, -0.25) is 0 Å². The van der Waals surface area contributed by atoms with E-state index < -0.39 is 0 Å². The number of ether oxygens (including phenoxy) is 1. The van der Waals surface area contributed by atoms with E-state index in [2.05, 4.69) is 19.8 Å². The summed E-state index contributed by atoms with van der Waals surface area (Å²) in [6.07, 6.45) is 4.04. The van der Waals surface area contributed by atoms with Crippen LogP contribution in [0.2, 0.25) is 0 Å². The van der Waals surface area contributed by atoms with Gasteiger partial charge in [0.05, 0.1) is 6.10 Å². The summed E-state index contributed by atoms with van der Waals surface area (Å²) in [4.78, 5) is 13.3. The van der Waals surface area contributed by atoms with Gasteiger partial charge in [-0.25, -0.2) is 9.37 Å². The number of β-amino-alcohol motifs (C(OH)–C–C–N with tert-alkyl or cyclic N) is 1. The van der Waals surface area contributed by atoms with Crippen LogP contribution in [-0.4, -0.2) is 53.5 Å². The Morgan fingerprint density at radius 1 is 1.08 bits per heavy atom. The predicted molar refractivity (Wildman–Crippen MR) is 97.1 cm³/mol. The molecule has 1 aromatic carbocycles. The van der Waals surface area contributed by atoms with Crippen LogP contribution < -0.4 is 14.5 Å². The smallest absolute Gasteiger partial charge is 0.227 e. The van der Waals surface area contributed by atoms with Gasteiger partial charge in [-0.2, -0.15) is 4.98 Å². The summed E-state index contributed by atoms with van der Waals surface area (Å²) >= 11 is 0. The number of hydrogen-bond donors (Lipinski definition) is 1. The standard InChI is InChI=1S/C19H23FN4O2/c20-14-2-1-3-17(12-14)26-16-6-10-23(11-7-16)19-21-8-4-18(22-19)24-9-5-15(25)13-24/h1-4,8,12,15-16,25H,5-7,9-11,13H2. The van der Waals surface area contributed by atoms with Gasteiger partial charge >= 0.3 is 0 Å². The van der Waals surface area contributed by atoms with Gasteiger partial charge in [0.25, 0.3) is 0 Å². The highest BCUT2D eigenvalue weighted by Gasteiger charge is 2.25. The summed E-state index contributed by atoms with van der Waals surface area (Å²) in [5.74, 6) is 1.88. The molecule has 2 aliphatic heterocycles. The number of benzene rings is 1. The van der Waals surface area contributed by atoms with E-state index in [1.54, 1.807) is 18.3 Å². The molecule has 1 atom stereocenters. The lowest BCUT2D eigenvalue weighted by Gasteiger charge is -2.32. The topological polar surface area (TPSA) is 61.7 Å². The molecule has 0 aliphatic carbocycles. The Hall–Kier alpha value is -2.41. The fourth-order valence-corrected chi connectivity index (χ4v) is 3.52. The van der Waals surface area contributed by atoms with Crippen LogP contribution in [0, 0.1) is 5.82 Å². The third kappa shape index (κ3) is 3.88. The summed E-state index contributed by atoms with van der Waals surface area (Å²) < 4.78 is 19.2. The first-order chi connectivity index (χ1) is 12.7. The maximum absolute atomic E-state index is 13.3. The van der Waals surface area contributed by atoms with Gasteiger partial charge in [0.2, 0.25) is 5.95 Å². The summed E-state index contributed by atoms with van der Waals surface area (Å²) in [7, 11) is 0. The lowest BCUT2D eigenvalue weighted by Crippen LogP contribution is -2.39. The molecule has 1 unspecified atom stereocenters. The Bertz CT molecular complexity index is 752. The SMILES string of the molecule is OC1CCN(c2ccnc(N3CCC(Oc4cccc(F)c4)CC3)n2)C1. The van der Waals surface area contributed by atoms with Gasteiger partial charge in [0.1, 0.15) is 23.5 Å². The predicted octanol–water partition coefficient (Wildman–Crippen LogP) is 2.23. The molecule has 2 saturated heterocycles. The van der Waals surface area contributed by atoms with Crippen LogP contribution in [-0.2, 0) is 0 Å². The summed E-state index contributed by atoms with van der Waals surface area (Å²) in [5, 5.41) is 9.71. The van der Waals surface area contributed by atoms with E-state index in [1.165, 1.54) is 12.1 Å². The number of anilines is 2. The molecule has 0 bridgehead atoms. The quantitative estimate of drug-likeness (QED) is 0.904. The Balaban J connectivity index is 1.36. The van der Waals surface area contributed by atoms with E-state index in [0.29, 0.717) is 18.2 Å². The number of halogens is 1. The second-order valence-corrected chi connectivity index (χ2v) is 6.86. The van der Waals surface area contributed by atoms with E-state index >= 15 is 0 Å². The molecule has 1 aromatic heterocycles. The van der Waals surface area contributed by atoms with E-state index in [0.717, 1.165) is 44.7 Å². The minimum atomic E-state index is -0.280. The monoisotopic (exact) mass is 358 g/mol. The molecule has 2 fully saturated rings. The molecule has 0 amide bonds. The van der Waals surface area contributed by atoms with Crippen LogP contribution in [0.4, 0.5) is 16.2 Å². The van der Waals surface area contributed by atoms with Gasteiger partial charge in [0, 0.05) is 51.3 Å². The van der Waals surface area contributed by atoms with Crippen molar-refractivity contribution in [2.75, 3.05) is 36.0 Å². The van der Waals surface area contributed by atoms with Crippen LogP contribution in [0.25, 0.3) is 0 Å². The van der Waals surface area contributed by atoms with Gasteiger partial charge in [-0.05, 0) is 24.6 Å². The molecule has 7 heteroatoms. The Labute approximate surface area is 152 Å². The van der Waals surface area contributed by atoms with Crippen molar-refractivity contribution in [2.45, 2.75) is 31.5 Å². The minimum absolute atomic E-state index is 0.0740. The number of hydrogen-bond acceptors (Lipinski definition) is 6. The third-order valence-corrected chi connectivity index (χ3v) is 4.94. The van der Waals surface area contributed by atoms with Gasteiger partial charge in [0.15, 0.2) is 0 Å². The first-order valence-corrected chi connectivity index (χ1v) is 9.10. The van der Waals surface area contributed by atoms with Crippen molar-refractivity contribution in [1.82, 2.24) is 9.97 Å². The van der Waals surface area contributed by atoms with Crippen molar-refractivity contribution < 1.29 is 14.2 Å². The molecule has 3 heterocycles. The molecule has 4 rings (SSSR count). The highest BCUT2D eigenvalue weighted by atomic mass is 19.1. The molecule has 138 valence electrons. The van der Waals surface area contributed by atoms with Crippen LogP contribution in [0.1, 0.15) is 19.3 Å². The second-order valence-electron chi connectivity index (χ2n) is 6.86. The van der Waals surface area contributed by atoms with Crippen molar-refractivity contribution >= 4 is 11.8 Å². The maximum Gasteiger partial charge on any atom is 0.227 e. The van der Waals surface area contributed by atoms with Crippen molar-refractivity contribution in [1.29, 1.82) is 0 Å². The molecule has 2 aliphatic rings. The highest BCUT2D eigenvalue weighted by Crippen LogP contribution is 2.24. The maximum atomic E-state index is 13.3. The summed E-state index contributed by atoms with van der Waals surface area (Å²) in [6.45, 7) is 3.04. The molecule has 6 nitrogen and oxygen atoms in total. The fourth-order valence-electron chi connectivity index (χ4n) is 3.52. The lowest BCUT2D eigenvalue weighted by atomic mass is 10.1. The second kappa shape index (κ2) is 7.45. The van der Waals surface area contributed by atoms with Crippen LogP contribution in [0.5, 0.6) is 5.75 Å². The van der Waals surface area contributed by atoms with Crippen molar-refractivity contribution in [3.8, 4) is 5.75 Å². The molecule has 2 aromatic rings. The van der Waals surface area contributed by atoms with E-state index in [-0.39, 0.29) is 18.0 Å². The fraction of sp³-hybridized carbons (Fsp3) is 0.474. The van der Waals surface area contributed by atoms with Crippen LogP contribution >= 0.6 is 0 Å². The first kappa shape index (κ1) is 17.0. The normalized spacial score (nSPS) is 21.2. The average molecular weight is 358 g/mol.